The molecule has 108 valence electrons. The van der Waals surface area contributed by atoms with Gasteiger partial charge in [-0.3, -0.25) is 4.79 Å². The molecule has 20 heavy (non-hydrogen) atoms. The first-order valence-electron chi connectivity index (χ1n) is 6.75. The molecule has 1 aromatic carbocycles. The fourth-order valence-electron chi connectivity index (χ4n) is 2.17. The number of carbonyl (C=O) groups is 1. The third-order valence-corrected chi connectivity index (χ3v) is 3.15. The molecule has 0 bridgehead atoms. The van der Waals surface area contributed by atoms with Gasteiger partial charge < -0.3 is 15.8 Å². The predicted molar refractivity (Wildman–Crippen MR) is 83.8 cm³/mol. The van der Waals surface area contributed by atoms with Gasteiger partial charge in [0.25, 0.3) is 0 Å². The van der Waals surface area contributed by atoms with Crippen molar-refractivity contribution >= 4 is 22.9 Å². The first-order valence-corrected chi connectivity index (χ1v) is 6.75. The van der Waals surface area contributed by atoms with Crippen molar-refractivity contribution in [1.29, 1.82) is 0 Å². The fourth-order valence-corrected chi connectivity index (χ4v) is 2.17. The van der Waals surface area contributed by atoms with E-state index in [0.29, 0.717) is 6.42 Å². The van der Waals surface area contributed by atoms with Crippen molar-refractivity contribution in [3.63, 3.8) is 0 Å². The van der Waals surface area contributed by atoms with E-state index in [1.807, 2.05) is 39.0 Å². The highest BCUT2D eigenvalue weighted by Gasteiger charge is 2.17. The molecule has 4 nitrogen and oxygen atoms in total. The van der Waals surface area contributed by atoms with Crippen molar-refractivity contribution in [3.05, 3.63) is 41.6 Å². The van der Waals surface area contributed by atoms with Crippen LogP contribution in [-0.2, 0) is 11.2 Å². The number of aliphatic carboxylic acids is 1. The van der Waals surface area contributed by atoms with Crippen LogP contribution in [-0.4, -0.2) is 22.1 Å². The van der Waals surface area contributed by atoms with Crippen molar-refractivity contribution in [2.24, 2.45) is 5.73 Å². The van der Waals surface area contributed by atoms with Crippen LogP contribution in [0.25, 0.3) is 17.0 Å². The number of nitrogens with two attached hydrogens (primary N) is 1. The van der Waals surface area contributed by atoms with Gasteiger partial charge in [0.15, 0.2) is 0 Å². The SMILES string of the molecule is C=Cc1cccc2c(CC(N)C(=O)O)c(C)[nH]c12.CC. The summed E-state index contributed by atoms with van der Waals surface area (Å²) >= 11 is 0. The van der Waals surface area contributed by atoms with Gasteiger partial charge >= 0.3 is 5.97 Å². The molecular formula is C16H22N2O2. The number of aromatic nitrogens is 1. The van der Waals surface area contributed by atoms with Gasteiger partial charge in [0, 0.05) is 17.5 Å². The highest BCUT2D eigenvalue weighted by atomic mass is 16.4. The van der Waals surface area contributed by atoms with Crippen LogP contribution in [0.3, 0.4) is 0 Å². The Morgan fingerprint density at radius 2 is 2.15 bits per heavy atom. The molecular weight excluding hydrogens is 252 g/mol. The summed E-state index contributed by atoms with van der Waals surface area (Å²) in [6.07, 6.45) is 2.10. The molecule has 1 aromatic heterocycles. The van der Waals surface area contributed by atoms with Gasteiger partial charge in [-0.15, -0.1) is 0 Å². The number of H-pyrrole nitrogens is 1. The molecule has 0 aliphatic rings. The number of carboxylic acid groups (broad SMARTS) is 1. The molecule has 0 spiro atoms. The van der Waals surface area contributed by atoms with Gasteiger partial charge in [-0.2, -0.15) is 0 Å². The molecule has 4 heteroatoms. The Morgan fingerprint density at radius 1 is 1.50 bits per heavy atom. The Morgan fingerprint density at radius 3 is 2.70 bits per heavy atom. The zero-order valence-corrected chi connectivity index (χ0v) is 12.2. The molecule has 4 N–H and O–H groups in total. The second-order valence-corrected chi connectivity index (χ2v) is 4.35. The Labute approximate surface area is 119 Å². The van der Waals surface area contributed by atoms with Crippen LogP contribution in [0.2, 0.25) is 0 Å². The van der Waals surface area contributed by atoms with E-state index in [2.05, 4.69) is 11.6 Å². The Kier molecular flexibility index (Phi) is 5.53. The third kappa shape index (κ3) is 3.08. The van der Waals surface area contributed by atoms with E-state index in [1.165, 1.54) is 0 Å². The maximum atomic E-state index is 10.8. The molecule has 1 unspecified atom stereocenters. The number of nitrogens with one attached hydrogen (secondary N) is 1. The Hall–Kier alpha value is -2.07. The van der Waals surface area contributed by atoms with Crippen molar-refractivity contribution < 1.29 is 9.90 Å². The summed E-state index contributed by atoms with van der Waals surface area (Å²) in [6, 6.07) is 4.99. The highest BCUT2D eigenvalue weighted by molar-refractivity contribution is 5.91. The Balaban J connectivity index is 0.000000956. The van der Waals surface area contributed by atoms with Gasteiger partial charge in [0.1, 0.15) is 6.04 Å². The largest absolute Gasteiger partial charge is 0.480 e. The maximum absolute atomic E-state index is 10.8. The topological polar surface area (TPSA) is 79.1 Å². The lowest BCUT2D eigenvalue weighted by molar-refractivity contribution is -0.138. The van der Waals surface area contributed by atoms with E-state index in [-0.39, 0.29) is 0 Å². The van der Waals surface area contributed by atoms with Crippen molar-refractivity contribution in [2.75, 3.05) is 0 Å². The summed E-state index contributed by atoms with van der Waals surface area (Å²) in [5.41, 5.74) is 9.51. The number of aryl methyl sites for hydroxylation is 1. The van der Waals surface area contributed by atoms with Crippen molar-refractivity contribution in [1.82, 2.24) is 4.98 Å². The fraction of sp³-hybridized carbons (Fsp3) is 0.312. The number of rotatable bonds is 4. The summed E-state index contributed by atoms with van der Waals surface area (Å²) in [5, 5.41) is 9.91. The zero-order valence-electron chi connectivity index (χ0n) is 12.2. The summed E-state index contributed by atoms with van der Waals surface area (Å²) < 4.78 is 0. The molecule has 0 aliphatic heterocycles. The first kappa shape index (κ1) is 16.0. The van der Waals surface area contributed by atoms with Crippen LogP contribution in [0.15, 0.2) is 24.8 Å². The predicted octanol–water partition coefficient (Wildman–Crippen LogP) is 3.10. The van der Waals surface area contributed by atoms with E-state index in [1.54, 1.807) is 6.08 Å². The molecule has 0 fully saturated rings. The quantitative estimate of drug-likeness (QED) is 0.801. The van der Waals surface area contributed by atoms with E-state index in [0.717, 1.165) is 27.7 Å². The summed E-state index contributed by atoms with van der Waals surface area (Å²) in [4.78, 5) is 14.1. The average molecular weight is 274 g/mol. The maximum Gasteiger partial charge on any atom is 0.320 e. The van der Waals surface area contributed by atoms with Gasteiger partial charge in [0.2, 0.25) is 0 Å². The molecule has 0 radical (unpaired) electrons. The standard InChI is InChI=1S/C14H16N2O2.C2H6/c1-3-9-5-4-6-10-11(7-12(15)14(17)18)8(2)16-13(9)10;1-2/h3-6,12,16H,1,7,15H2,2H3,(H,17,18);1-2H3. The number of para-hydroxylation sites is 1. The summed E-state index contributed by atoms with van der Waals surface area (Å²) in [7, 11) is 0. The highest BCUT2D eigenvalue weighted by Crippen LogP contribution is 2.26. The first-order chi connectivity index (χ1) is 9.54. The van der Waals surface area contributed by atoms with Crippen LogP contribution < -0.4 is 5.73 Å². The summed E-state index contributed by atoms with van der Waals surface area (Å²) in [5.74, 6) is -0.983. The zero-order chi connectivity index (χ0) is 15.3. The number of carboxylic acids is 1. The van der Waals surface area contributed by atoms with Crippen LogP contribution in [0, 0.1) is 6.92 Å². The smallest absolute Gasteiger partial charge is 0.320 e. The minimum atomic E-state index is -0.983. The lowest BCUT2D eigenvalue weighted by Crippen LogP contribution is -2.32. The average Bonchev–Trinajstić information content (AvgIpc) is 2.77. The minimum Gasteiger partial charge on any atom is -0.480 e. The lowest BCUT2D eigenvalue weighted by Gasteiger charge is -2.06. The van der Waals surface area contributed by atoms with Crippen LogP contribution in [0.5, 0.6) is 0 Å². The lowest BCUT2D eigenvalue weighted by atomic mass is 10.0. The summed E-state index contributed by atoms with van der Waals surface area (Å²) in [6.45, 7) is 9.70. The molecule has 0 saturated carbocycles. The minimum absolute atomic E-state index is 0.321. The number of fused-ring (bicyclic) bond motifs is 1. The van der Waals surface area contributed by atoms with E-state index >= 15 is 0 Å². The van der Waals surface area contributed by atoms with E-state index < -0.39 is 12.0 Å². The van der Waals surface area contributed by atoms with Gasteiger partial charge in [-0.1, -0.05) is 44.7 Å². The monoisotopic (exact) mass is 274 g/mol. The second kappa shape index (κ2) is 6.91. The number of benzene rings is 1. The van der Waals surface area contributed by atoms with Crippen molar-refractivity contribution in [2.45, 2.75) is 33.2 Å². The molecule has 0 aliphatic carbocycles. The number of aromatic amines is 1. The van der Waals surface area contributed by atoms with Crippen molar-refractivity contribution in [3.8, 4) is 0 Å². The molecule has 2 aromatic rings. The second-order valence-electron chi connectivity index (χ2n) is 4.35. The third-order valence-electron chi connectivity index (χ3n) is 3.15. The van der Waals surface area contributed by atoms with E-state index in [4.69, 9.17) is 10.8 Å². The van der Waals surface area contributed by atoms with Crippen LogP contribution in [0.1, 0.15) is 30.7 Å². The van der Waals surface area contributed by atoms with Crippen LogP contribution in [0.4, 0.5) is 0 Å². The Bertz CT molecular complexity index is 614. The molecule has 0 saturated heterocycles. The van der Waals surface area contributed by atoms with Crippen LogP contribution >= 0.6 is 0 Å². The van der Waals surface area contributed by atoms with Gasteiger partial charge in [0.05, 0.1) is 5.52 Å². The molecule has 1 heterocycles. The van der Waals surface area contributed by atoms with Gasteiger partial charge in [-0.25, -0.2) is 0 Å². The number of hydrogen-bond donors (Lipinski definition) is 3. The molecule has 0 amide bonds. The normalized spacial score (nSPS) is 11.6. The molecule has 1 atom stereocenters. The number of hydrogen-bond acceptors (Lipinski definition) is 2. The van der Waals surface area contributed by atoms with Gasteiger partial charge in [-0.05, 0) is 18.1 Å². The molecule has 2 rings (SSSR count). The van der Waals surface area contributed by atoms with E-state index in [9.17, 15) is 4.79 Å².